The zero-order valence-electron chi connectivity index (χ0n) is 13.9. The number of likely N-dealkylation sites (tertiary alicyclic amines) is 1. The lowest BCUT2D eigenvalue weighted by Gasteiger charge is -2.25. The first-order valence-electron chi connectivity index (χ1n) is 7.81. The smallest absolute Gasteiger partial charge is 0.243 e. The predicted molar refractivity (Wildman–Crippen MR) is 86.4 cm³/mol. The molecule has 1 aromatic rings. The van der Waals surface area contributed by atoms with E-state index in [0.717, 1.165) is 18.4 Å². The monoisotopic (exact) mass is 320 g/mol. The summed E-state index contributed by atoms with van der Waals surface area (Å²) in [5, 5.41) is 2.91. The van der Waals surface area contributed by atoms with Gasteiger partial charge in [0.05, 0.1) is 14.2 Å². The van der Waals surface area contributed by atoms with Gasteiger partial charge in [-0.1, -0.05) is 6.42 Å². The Hall–Kier alpha value is -2.24. The van der Waals surface area contributed by atoms with E-state index >= 15 is 0 Å². The van der Waals surface area contributed by atoms with E-state index in [9.17, 15) is 9.59 Å². The fourth-order valence-electron chi connectivity index (χ4n) is 2.78. The van der Waals surface area contributed by atoms with Gasteiger partial charge in [0.25, 0.3) is 0 Å². The predicted octanol–water partition coefficient (Wildman–Crippen LogP) is 1.72. The molecule has 0 radical (unpaired) electrons. The number of carbonyl (C=O) groups is 2. The summed E-state index contributed by atoms with van der Waals surface area (Å²) in [6, 6.07) is 5.05. The average Bonchev–Trinajstić information content (AvgIpc) is 2.74. The maximum Gasteiger partial charge on any atom is 0.243 e. The normalized spacial score (nSPS) is 18.3. The van der Waals surface area contributed by atoms with Gasteiger partial charge < -0.3 is 19.7 Å². The Kier molecular flexibility index (Phi) is 5.84. The van der Waals surface area contributed by atoms with E-state index < -0.39 is 6.04 Å². The van der Waals surface area contributed by atoms with Crippen molar-refractivity contribution in [2.75, 3.05) is 21.3 Å². The van der Waals surface area contributed by atoms with Crippen molar-refractivity contribution in [2.24, 2.45) is 0 Å². The Morgan fingerprint density at radius 3 is 2.78 bits per heavy atom. The lowest BCUT2D eigenvalue weighted by molar-refractivity contribution is -0.138. The summed E-state index contributed by atoms with van der Waals surface area (Å²) in [5.41, 5.74) is 0.836. The lowest BCUT2D eigenvalue weighted by atomic mass is 10.1. The topological polar surface area (TPSA) is 67.9 Å². The van der Waals surface area contributed by atoms with E-state index in [1.807, 2.05) is 18.2 Å². The molecule has 1 atom stereocenters. The summed E-state index contributed by atoms with van der Waals surface area (Å²) in [4.78, 5) is 25.9. The highest BCUT2D eigenvalue weighted by Crippen LogP contribution is 2.24. The zero-order valence-corrected chi connectivity index (χ0v) is 13.9. The van der Waals surface area contributed by atoms with Gasteiger partial charge in [-0.3, -0.25) is 9.59 Å². The van der Waals surface area contributed by atoms with Gasteiger partial charge in [-0.2, -0.15) is 0 Å². The van der Waals surface area contributed by atoms with Crippen LogP contribution >= 0.6 is 0 Å². The summed E-state index contributed by atoms with van der Waals surface area (Å²) in [6.07, 6.45) is 2.95. The number of likely N-dealkylation sites (N-methyl/N-ethyl adjacent to an activating group) is 1. The number of methoxy groups -OCH3 is 2. The minimum absolute atomic E-state index is 0.0293. The Bertz CT molecular complexity index is 574. The van der Waals surface area contributed by atoms with Crippen molar-refractivity contribution in [1.82, 2.24) is 10.2 Å². The molecule has 1 aliphatic rings. The zero-order chi connectivity index (χ0) is 16.8. The Morgan fingerprint density at radius 2 is 2.09 bits per heavy atom. The number of rotatable bonds is 5. The first kappa shape index (κ1) is 17.1. The second kappa shape index (κ2) is 7.85. The number of hydrogen-bond acceptors (Lipinski definition) is 4. The molecule has 0 saturated carbocycles. The molecule has 23 heavy (non-hydrogen) atoms. The van der Waals surface area contributed by atoms with E-state index in [0.29, 0.717) is 30.9 Å². The molecular formula is C17H24N2O4. The molecule has 1 N–H and O–H groups in total. The molecule has 1 unspecified atom stereocenters. The van der Waals surface area contributed by atoms with Crippen molar-refractivity contribution in [3.05, 3.63) is 23.8 Å². The molecule has 1 aromatic carbocycles. The van der Waals surface area contributed by atoms with Gasteiger partial charge in [0.2, 0.25) is 11.8 Å². The molecule has 6 nitrogen and oxygen atoms in total. The minimum Gasteiger partial charge on any atom is -0.497 e. The lowest BCUT2D eigenvalue weighted by Crippen LogP contribution is -2.46. The fraction of sp³-hybridized carbons (Fsp3) is 0.529. The molecule has 2 amide bonds. The van der Waals surface area contributed by atoms with Crippen LogP contribution in [0.25, 0.3) is 0 Å². The van der Waals surface area contributed by atoms with Crippen LogP contribution in [0.3, 0.4) is 0 Å². The van der Waals surface area contributed by atoms with Crippen LogP contribution in [0.4, 0.5) is 0 Å². The van der Waals surface area contributed by atoms with Crippen molar-refractivity contribution in [2.45, 2.75) is 38.3 Å². The van der Waals surface area contributed by atoms with Gasteiger partial charge in [-0.05, 0) is 31.0 Å². The van der Waals surface area contributed by atoms with E-state index in [1.54, 1.807) is 26.2 Å². The molecule has 0 bridgehead atoms. The third-order valence-electron chi connectivity index (χ3n) is 4.22. The highest BCUT2D eigenvalue weighted by molar-refractivity contribution is 5.87. The SMILES string of the molecule is COc1ccc(OC)c(CNC(=O)C2CCCCC(=O)N2C)c1. The maximum absolute atomic E-state index is 12.5. The Balaban J connectivity index is 2.04. The van der Waals surface area contributed by atoms with Crippen molar-refractivity contribution < 1.29 is 19.1 Å². The first-order chi connectivity index (χ1) is 11.1. The van der Waals surface area contributed by atoms with E-state index in [4.69, 9.17) is 9.47 Å². The summed E-state index contributed by atoms with van der Waals surface area (Å²) in [6.45, 7) is 0.331. The van der Waals surface area contributed by atoms with Crippen LogP contribution in [0.15, 0.2) is 18.2 Å². The van der Waals surface area contributed by atoms with Crippen LogP contribution in [-0.4, -0.2) is 44.0 Å². The number of ether oxygens (including phenoxy) is 2. The Morgan fingerprint density at radius 1 is 1.30 bits per heavy atom. The van der Waals surface area contributed by atoms with Crippen LogP contribution in [0.1, 0.15) is 31.2 Å². The maximum atomic E-state index is 12.5. The van der Waals surface area contributed by atoms with Crippen LogP contribution < -0.4 is 14.8 Å². The number of nitrogens with zero attached hydrogens (tertiary/aromatic N) is 1. The first-order valence-corrected chi connectivity index (χ1v) is 7.81. The van der Waals surface area contributed by atoms with E-state index in [-0.39, 0.29) is 11.8 Å². The molecule has 0 aliphatic carbocycles. The molecule has 1 saturated heterocycles. The molecule has 2 rings (SSSR count). The third kappa shape index (κ3) is 4.15. The minimum atomic E-state index is -0.401. The van der Waals surface area contributed by atoms with Gasteiger partial charge in [-0.25, -0.2) is 0 Å². The molecule has 0 aromatic heterocycles. The molecule has 1 heterocycles. The average molecular weight is 320 g/mol. The summed E-state index contributed by atoms with van der Waals surface area (Å²) < 4.78 is 10.5. The van der Waals surface area contributed by atoms with Gasteiger partial charge >= 0.3 is 0 Å². The highest BCUT2D eigenvalue weighted by atomic mass is 16.5. The fourth-order valence-corrected chi connectivity index (χ4v) is 2.78. The third-order valence-corrected chi connectivity index (χ3v) is 4.22. The summed E-state index contributed by atoms with van der Waals surface area (Å²) in [5.74, 6) is 1.29. The summed E-state index contributed by atoms with van der Waals surface area (Å²) in [7, 11) is 4.88. The van der Waals surface area contributed by atoms with Crippen LogP contribution in [0.2, 0.25) is 0 Å². The molecule has 126 valence electrons. The second-order valence-electron chi connectivity index (χ2n) is 5.66. The summed E-state index contributed by atoms with van der Waals surface area (Å²) >= 11 is 0. The van der Waals surface area contributed by atoms with Crippen molar-refractivity contribution in [1.29, 1.82) is 0 Å². The molecule has 6 heteroatoms. The number of hydrogen-bond donors (Lipinski definition) is 1. The van der Waals surface area contributed by atoms with Gasteiger partial charge in [-0.15, -0.1) is 0 Å². The molecule has 0 spiro atoms. The largest absolute Gasteiger partial charge is 0.497 e. The van der Waals surface area contributed by atoms with Crippen molar-refractivity contribution in [3.63, 3.8) is 0 Å². The highest BCUT2D eigenvalue weighted by Gasteiger charge is 2.28. The van der Waals surface area contributed by atoms with Crippen molar-refractivity contribution >= 4 is 11.8 Å². The Labute approximate surface area is 136 Å². The molecule has 1 aliphatic heterocycles. The standard InChI is InChI=1S/C17H24N2O4/c1-19-14(6-4-5-7-16(19)20)17(21)18-11-12-10-13(22-2)8-9-15(12)23-3/h8-10,14H,4-7,11H2,1-3H3,(H,18,21). The number of carbonyl (C=O) groups excluding carboxylic acids is 2. The second-order valence-corrected chi connectivity index (χ2v) is 5.66. The van der Waals surface area contributed by atoms with Crippen LogP contribution in [0, 0.1) is 0 Å². The number of benzene rings is 1. The van der Waals surface area contributed by atoms with Gasteiger partial charge in [0, 0.05) is 25.6 Å². The van der Waals surface area contributed by atoms with Crippen molar-refractivity contribution in [3.8, 4) is 11.5 Å². The van der Waals surface area contributed by atoms with Crippen LogP contribution in [-0.2, 0) is 16.1 Å². The van der Waals surface area contributed by atoms with Gasteiger partial charge in [0.1, 0.15) is 17.5 Å². The molecular weight excluding hydrogens is 296 g/mol. The number of nitrogens with one attached hydrogen (secondary N) is 1. The van der Waals surface area contributed by atoms with E-state index in [2.05, 4.69) is 5.32 Å². The quantitative estimate of drug-likeness (QED) is 0.897. The van der Waals surface area contributed by atoms with E-state index in [1.165, 1.54) is 0 Å². The number of amides is 2. The van der Waals surface area contributed by atoms with Gasteiger partial charge in [0.15, 0.2) is 0 Å². The molecule has 1 fully saturated rings. The van der Waals surface area contributed by atoms with Crippen LogP contribution in [0.5, 0.6) is 11.5 Å².